The molecule has 0 spiro atoms. The molecule has 1 amide bonds. The molecule has 25 heavy (non-hydrogen) atoms. The normalized spacial score (nSPS) is 15.0. The molecule has 0 fully saturated rings. The summed E-state index contributed by atoms with van der Waals surface area (Å²) in [4.78, 5) is 18.2. The van der Waals surface area contributed by atoms with Crippen LogP contribution in [0.3, 0.4) is 0 Å². The number of H-pyrrole nitrogens is 1. The lowest BCUT2D eigenvalue weighted by atomic mass is 10.0. The van der Waals surface area contributed by atoms with Crippen LogP contribution in [0.15, 0.2) is 53.0 Å². The minimum atomic E-state index is -0.507. The highest BCUT2D eigenvalue weighted by Crippen LogP contribution is 2.28. The lowest BCUT2D eigenvalue weighted by Gasteiger charge is -2.29. The first kappa shape index (κ1) is 16.2. The fourth-order valence-corrected chi connectivity index (χ4v) is 3.64. The maximum atomic E-state index is 12.8. The van der Waals surface area contributed by atoms with Crippen molar-refractivity contribution in [3.8, 4) is 5.75 Å². The third-order valence-corrected chi connectivity index (χ3v) is 5.20. The van der Waals surface area contributed by atoms with E-state index in [-0.39, 0.29) is 5.91 Å². The molecule has 2 aromatic carbocycles. The van der Waals surface area contributed by atoms with Gasteiger partial charge in [-0.1, -0.05) is 34.1 Å². The Morgan fingerprint density at radius 1 is 1.20 bits per heavy atom. The summed E-state index contributed by atoms with van der Waals surface area (Å²) in [5, 5.41) is 1.21. The number of nitrogens with zero attached hydrogens (tertiary/aromatic N) is 1. The van der Waals surface area contributed by atoms with E-state index in [1.165, 1.54) is 16.6 Å². The van der Waals surface area contributed by atoms with Crippen molar-refractivity contribution >= 4 is 32.7 Å². The van der Waals surface area contributed by atoms with Crippen molar-refractivity contribution in [2.75, 3.05) is 6.54 Å². The number of halogens is 1. The van der Waals surface area contributed by atoms with Crippen molar-refractivity contribution < 1.29 is 9.53 Å². The van der Waals surface area contributed by atoms with Crippen molar-refractivity contribution in [3.05, 3.63) is 64.3 Å². The van der Waals surface area contributed by atoms with E-state index in [1.54, 1.807) is 0 Å². The number of hydrogen-bond acceptors (Lipinski definition) is 2. The van der Waals surface area contributed by atoms with Gasteiger partial charge < -0.3 is 14.6 Å². The van der Waals surface area contributed by atoms with Crippen molar-refractivity contribution in [1.82, 2.24) is 9.88 Å². The number of aromatic nitrogens is 1. The van der Waals surface area contributed by atoms with Crippen LogP contribution >= 0.6 is 15.9 Å². The van der Waals surface area contributed by atoms with Gasteiger partial charge in [-0.05, 0) is 37.3 Å². The second kappa shape index (κ2) is 6.56. The number of aromatic amines is 1. The van der Waals surface area contributed by atoms with Gasteiger partial charge in [0.15, 0.2) is 6.10 Å². The number of nitrogens with one attached hydrogen (secondary N) is 1. The van der Waals surface area contributed by atoms with Gasteiger partial charge in [0.05, 0.1) is 0 Å². The highest BCUT2D eigenvalue weighted by Gasteiger charge is 2.27. The molecule has 3 aromatic rings. The van der Waals surface area contributed by atoms with Crippen molar-refractivity contribution in [2.24, 2.45) is 0 Å². The Hall–Kier alpha value is -2.27. The Bertz CT molecular complexity index is 917. The first-order valence-corrected chi connectivity index (χ1v) is 9.20. The maximum Gasteiger partial charge on any atom is 0.263 e. The summed E-state index contributed by atoms with van der Waals surface area (Å²) in [5.74, 6) is 0.729. The Balaban J connectivity index is 1.50. The Kier molecular flexibility index (Phi) is 4.25. The molecule has 0 radical (unpaired) electrons. The second-order valence-corrected chi connectivity index (χ2v) is 7.27. The van der Waals surface area contributed by atoms with Crippen LogP contribution in [-0.2, 0) is 17.8 Å². The minimum absolute atomic E-state index is 0.0267. The molecule has 1 aromatic heterocycles. The van der Waals surface area contributed by atoms with Crippen molar-refractivity contribution in [1.29, 1.82) is 0 Å². The van der Waals surface area contributed by atoms with Gasteiger partial charge in [-0.25, -0.2) is 0 Å². The summed E-state index contributed by atoms with van der Waals surface area (Å²) in [7, 11) is 0. The predicted molar refractivity (Wildman–Crippen MR) is 102 cm³/mol. The third-order valence-electron chi connectivity index (χ3n) is 4.67. The zero-order valence-electron chi connectivity index (χ0n) is 14.0. The van der Waals surface area contributed by atoms with E-state index in [0.29, 0.717) is 18.8 Å². The average molecular weight is 399 g/mol. The Morgan fingerprint density at radius 3 is 2.76 bits per heavy atom. The van der Waals surface area contributed by atoms with E-state index in [2.05, 4.69) is 33.0 Å². The van der Waals surface area contributed by atoms with Crippen LogP contribution in [0.5, 0.6) is 5.75 Å². The fourth-order valence-electron chi connectivity index (χ4n) is 3.38. The van der Waals surface area contributed by atoms with Crippen LogP contribution in [0, 0.1) is 0 Å². The van der Waals surface area contributed by atoms with E-state index in [0.717, 1.165) is 16.4 Å². The summed E-state index contributed by atoms with van der Waals surface area (Å²) >= 11 is 3.40. The van der Waals surface area contributed by atoms with Gasteiger partial charge in [0, 0.05) is 46.1 Å². The number of carbonyl (C=O) groups is 1. The molecule has 1 aliphatic heterocycles. The van der Waals surface area contributed by atoms with Gasteiger partial charge in [0.2, 0.25) is 0 Å². The zero-order chi connectivity index (χ0) is 17.4. The van der Waals surface area contributed by atoms with Crippen LogP contribution in [0.2, 0.25) is 0 Å². The molecule has 0 saturated carbocycles. The van der Waals surface area contributed by atoms with Crippen LogP contribution in [-0.4, -0.2) is 28.4 Å². The molecule has 1 N–H and O–H groups in total. The quantitative estimate of drug-likeness (QED) is 0.715. The molecule has 1 aliphatic rings. The number of carbonyl (C=O) groups excluding carboxylic acids is 1. The van der Waals surface area contributed by atoms with Crippen LogP contribution in [0.25, 0.3) is 10.9 Å². The monoisotopic (exact) mass is 398 g/mol. The van der Waals surface area contributed by atoms with Crippen LogP contribution in [0.4, 0.5) is 0 Å². The molecular weight excluding hydrogens is 380 g/mol. The molecule has 0 bridgehead atoms. The molecule has 0 unspecified atom stereocenters. The first-order chi connectivity index (χ1) is 12.1. The van der Waals surface area contributed by atoms with Gasteiger partial charge in [-0.15, -0.1) is 0 Å². The lowest BCUT2D eigenvalue weighted by molar-refractivity contribution is -0.138. The molecule has 128 valence electrons. The van der Waals surface area contributed by atoms with Gasteiger partial charge in [0.1, 0.15) is 5.75 Å². The van der Waals surface area contributed by atoms with E-state index >= 15 is 0 Å². The van der Waals surface area contributed by atoms with Gasteiger partial charge >= 0.3 is 0 Å². The number of para-hydroxylation sites is 1. The molecule has 1 atom stereocenters. The molecule has 5 heteroatoms. The minimum Gasteiger partial charge on any atom is -0.481 e. The molecule has 0 aliphatic carbocycles. The van der Waals surface area contributed by atoms with Crippen molar-refractivity contribution in [3.63, 3.8) is 0 Å². The zero-order valence-corrected chi connectivity index (χ0v) is 15.5. The van der Waals surface area contributed by atoms with Crippen molar-refractivity contribution in [2.45, 2.75) is 26.0 Å². The largest absolute Gasteiger partial charge is 0.481 e. The summed E-state index contributed by atoms with van der Waals surface area (Å²) in [5.41, 5.74) is 3.61. The average Bonchev–Trinajstić information content (AvgIpc) is 3.01. The Labute approximate surface area is 154 Å². The standard InChI is InChI=1S/C20H19BrN2O2/c1-13(25-15-8-6-14(21)7-9-15)20(24)23-11-10-19-17(12-23)16-4-2-3-5-18(16)22-19/h2-9,13,22H,10-12H2,1H3/t13-/m0/s1. The number of fused-ring (bicyclic) bond motifs is 3. The smallest absolute Gasteiger partial charge is 0.263 e. The van der Waals surface area contributed by atoms with Gasteiger partial charge in [0.25, 0.3) is 5.91 Å². The molecule has 4 rings (SSSR count). The third kappa shape index (κ3) is 3.16. The summed E-state index contributed by atoms with van der Waals surface area (Å²) < 4.78 is 6.81. The lowest BCUT2D eigenvalue weighted by Crippen LogP contribution is -2.43. The summed E-state index contributed by atoms with van der Waals surface area (Å²) in [6.07, 6.45) is 0.341. The predicted octanol–water partition coefficient (Wildman–Crippen LogP) is 4.28. The molecular formula is C20H19BrN2O2. The summed E-state index contributed by atoms with van der Waals surface area (Å²) in [6.45, 7) is 3.16. The second-order valence-electron chi connectivity index (χ2n) is 6.35. The van der Waals surface area contributed by atoms with Gasteiger partial charge in [-0.3, -0.25) is 4.79 Å². The number of rotatable bonds is 3. The number of ether oxygens (including phenoxy) is 1. The van der Waals surface area contributed by atoms with E-state index < -0.39 is 6.10 Å². The first-order valence-electron chi connectivity index (χ1n) is 8.41. The SMILES string of the molecule is C[C@H](Oc1ccc(Br)cc1)C(=O)N1CCc2[nH]c3ccccc3c2C1. The van der Waals surface area contributed by atoms with E-state index in [1.807, 2.05) is 48.2 Å². The number of benzene rings is 2. The highest BCUT2D eigenvalue weighted by atomic mass is 79.9. The van der Waals surface area contributed by atoms with Gasteiger partial charge in [-0.2, -0.15) is 0 Å². The molecule has 0 saturated heterocycles. The molecule has 4 nitrogen and oxygen atoms in total. The highest BCUT2D eigenvalue weighted by molar-refractivity contribution is 9.10. The van der Waals surface area contributed by atoms with Crippen LogP contribution in [0.1, 0.15) is 18.2 Å². The summed E-state index contributed by atoms with van der Waals surface area (Å²) in [6, 6.07) is 15.8. The number of amides is 1. The maximum absolute atomic E-state index is 12.8. The topological polar surface area (TPSA) is 45.3 Å². The fraction of sp³-hybridized carbons (Fsp3) is 0.250. The number of hydrogen-bond donors (Lipinski definition) is 1. The van der Waals surface area contributed by atoms with Crippen LogP contribution < -0.4 is 4.74 Å². The Morgan fingerprint density at radius 2 is 1.96 bits per heavy atom. The molecule has 2 heterocycles. The van der Waals surface area contributed by atoms with E-state index in [4.69, 9.17) is 4.74 Å². The van der Waals surface area contributed by atoms with E-state index in [9.17, 15) is 4.79 Å².